The van der Waals surface area contributed by atoms with Gasteiger partial charge in [0.1, 0.15) is 0 Å². The van der Waals surface area contributed by atoms with Gasteiger partial charge in [0.2, 0.25) is 0 Å². The van der Waals surface area contributed by atoms with Crippen LogP contribution < -0.4 is 0 Å². The molecule has 1 aromatic carbocycles. The van der Waals surface area contributed by atoms with Gasteiger partial charge in [0.25, 0.3) is 0 Å². The molecule has 0 aliphatic heterocycles. The van der Waals surface area contributed by atoms with E-state index in [0.717, 1.165) is 9.45 Å². The maximum absolute atomic E-state index is 11.7. The fourth-order valence-corrected chi connectivity index (χ4v) is 2.70. The molecule has 0 unspecified atom stereocenters. The van der Waals surface area contributed by atoms with Crippen molar-refractivity contribution in [1.29, 1.82) is 0 Å². The summed E-state index contributed by atoms with van der Waals surface area (Å²) >= 11 is 5.24. The van der Waals surface area contributed by atoms with Crippen LogP contribution in [0.2, 0.25) is 5.32 Å². The summed E-state index contributed by atoms with van der Waals surface area (Å²) in [6.45, 7) is 0. The number of thiocarbonyl (C=S) groups is 1. The first-order valence-electron chi connectivity index (χ1n) is 4.53. The molecule has 0 atom stereocenters. The Hall–Kier alpha value is -0.701. The van der Waals surface area contributed by atoms with Crippen LogP contribution in [-0.4, -0.2) is 43.6 Å². The molecule has 0 saturated heterocycles. The van der Waals surface area contributed by atoms with Gasteiger partial charge in [-0.1, -0.05) is 0 Å². The molecule has 4 heteroatoms. The Morgan fingerprint density at radius 3 is 2.47 bits per heavy atom. The molecule has 0 fully saturated rings. The fraction of sp³-hybridized carbons (Fsp3) is 0.273. The van der Waals surface area contributed by atoms with Gasteiger partial charge in [0, 0.05) is 0 Å². The quantitative estimate of drug-likeness (QED) is 0.478. The second-order valence-corrected chi connectivity index (χ2v) is 6.23. The summed E-state index contributed by atoms with van der Waals surface area (Å²) in [4.78, 5) is 13.6. The van der Waals surface area contributed by atoms with E-state index in [-0.39, 0.29) is 20.7 Å². The maximum atomic E-state index is 11.7. The number of nitrogens with zero attached hydrogens (tertiary/aromatic N) is 1. The van der Waals surface area contributed by atoms with E-state index < -0.39 is 0 Å². The Balaban J connectivity index is 2.48. The summed E-state index contributed by atoms with van der Waals surface area (Å²) < 4.78 is 0.881. The molecular formula is C11H13NOSSe. The molecule has 0 radical (unpaired) electrons. The molecule has 2 nitrogen and oxygen atoms in total. The van der Waals surface area contributed by atoms with Gasteiger partial charge in [-0.15, -0.1) is 0 Å². The van der Waals surface area contributed by atoms with E-state index in [1.165, 1.54) is 0 Å². The van der Waals surface area contributed by atoms with Gasteiger partial charge < -0.3 is 0 Å². The number of carbonyl (C=O) groups excluding carboxylic acids is 1. The minimum absolute atomic E-state index is 0.0890. The molecule has 0 spiro atoms. The Labute approximate surface area is 102 Å². The van der Waals surface area contributed by atoms with E-state index in [4.69, 9.17) is 12.2 Å². The molecule has 15 heavy (non-hydrogen) atoms. The number of Topliss-reactive ketones (excluding diaryl/α,β-unsaturated/α-hetero) is 1. The van der Waals surface area contributed by atoms with Crippen molar-refractivity contribution in [2.75, 3.05) is 14.1 Å². The molecule has 1 aromatic rings. The van der Waals surface area contributed by atoms with Crippen LogP contribution >= 0.6 is 12.2 Å². The van der Waals surface area contributed by atoms with E-state index in [2.05, 4.69) is 0 Å². The number of ketones is 1. The first-order chi connectivity index (χ1) is 7.11. The molecule has 0 aliphatic rings. The van der Waals surface area contributed by atoms with Gasteiger partial charge in [0.15, 0.2) is 0 Å². The molecule has 0 amide bonds. The molecule has 0 bridgehead atoms. The van der Waals surface area contributed by atoms with Crippen molar-refractivity contribution in [2.24, 2.45) is 0 Å². The van der Waals surface area contributed by atoms with E-state index in [1.807, 2.05) is 49.3 Å². The first kappa shape index (κ1) is 12.4. The number of hydrogen-bond donors (Lipinski definition) is 0. The predicted molar refractivity (Wildman–Crippen MR) is 67.6 cm³/mol. The third-order valence-electron chi connectivity index (χ3n) is 1.79. The zero-order chi connectivity index (χ0) is 11.3. The second-order valence-electron chi connectivity index (χ2n) is 3.24. The van der Waals surface area contributed by atoms with Gasteiger partial charge in [-0.05, 0) is 0 Å². The van der Waals surface area contributed by atoms with Crippen molar-refractivity contribution in [3.63, 3.8) is 0 Å². The van der Waals surface area contributed by atoms with Crippen molar-refractivity contribution in [3.8, 4) is 0 Å². The van der Waals surface area contributed by atoms with E-state index in [1.54, 1.807) is 0 Å². The number of hydrogen-bond acceptors (Lipinski definition) is 2. The number of rotatable bonds is 4. The molecule has 0 aromatic heterocycles. The van der Waals surface area contributed by atoms with Crippen molar-refractivity contribution in [2.45, 2.75) is 5.32 Å². The van der Waals surface area contributed by atoms with Gasteiger partial charge in [-0.25, -0.2) is 0 Å². The van der Waals surface area contributed by atoms with E-state index in [9.17, 15) is 4.79 Å². The average Bonchev–Trinajstić information content (AvgIpc) is 2.26. The average molecular weight is 286 g/mol. The predicted octanol–water partition coefficient (Wildman–Crippen LogP) is 1.84. The zero-order valence-corrected chi connectivity index (χ0v) is 11.3. The van der Waals surface area contributed by atoms with E-state index >= 15 is 0 Å². The third kappa shape index (κ3) is 4.12. The molecule has 1 rings (SSSR count). The van der Waals surface area contributed by atoms with Crippen LogP contribution in [-0.2, 0) is 0 Å². The molecule has 80 valence electrons. The summed E-state index contributed by atoms with van der Waals surface area (Å²) in [5, 5.41) is 0.550. The summed E-state index contributed by atoms with van der Waals surface area (Å²) in [5.74, 6) is 0.180. The van der Waals surface area contributed by atoms with Gasteiger partial charge in [0.05, 0.1) is 0 Å². The van der Waals surface area contributed by atoms with Crippen LogP contribution in [0.1, 0.15) is 10.4 Å². The van der Waals surface area contributed by atoms with Crippen molar-refractivity contribution in [3.05, 3.63) is 35.9 Å². The summed E-state index contributed by atoms with van der Waals surface area (Å²) in [6.07, 6.45) is 0. The van der Waals surface area contributed by atoms with Crippen LogP contribution in [0.25, 0.3) is 0 Å². The molecular weight excluding hydrogens is 273 g/mol. The standard InChI is InChI=1S/C11H13NOSSe/c1-12(2)11(14)15-8-10(13)9-6-4-3-5-7-9/h3-7H,8H2,1-2H3. The Morgan fingerprint density at radius 1 is 1.33 bits per heavy atom. The van der Waals surface area contributed by atoms with Crippen molar-refractivity contribution < 1.29 is 4.79 Å². The normalized spacial score (nSPS) is 9.73. The summed E-state index contributed by atoms with van der Waals surface area (Å²) in [7, 11) is 3.83. The molecule has 0 heterocycles. The monoisotopic (exact) mass is 287 g/mol. The summed E-state index contributed by atoms with van der Waals surface area (Å²) in [5.41, 5.74) is 0.779. The van der Waals surface area contributed by atoms with E-state index in [0.29, 0.717) is 5.32 Å². The van der Waals surface area contributed by atoms with Gasteiger partial charge in [-0.2, -0.15) is 0 Å². The van der Waals surface area contributed by atoms with Crippen LogP contribution in [0.5, 0.6) is 0 Å². The Morgan fingerprint density at radius 2 is 1.93 bits per heavy atom. The number of carbonyl (C=O) groups is 1. The number of benzene rings is 1. The van der Waals surface area contributed by atoms with Gasteiger partial charge >= 0.3 is 102 Å². The first-order valence-corrected chi connectivity index (χ1v) is 7.01. The van der Waals surface area contributed by atoms with Gasteiger partial charge in [-0.3, -0.25) is 0 Å². The zero-order valence-electron chi connectivity index (χ0n) is 8.77. The van der Waals surface area contributed by atoms with Crippen LogP contribution in [0.4, 0.5) is 0 Å². The van der Waals surface area contributed by atoms with Crippen LogP contribution in [0, 0.1) is 0 Å². The summed E-state index contributed by atoms with van der Waals surface area (Å²) in [6, 6.07) is 9.36. The Kier molecular flexibility index (Phi) is 4.95. The minimum atomic E-state index is 0.0890. The second kappa shape index (κ2) is 6.01. The SMILES string of the molecule is CN(C)C(=S)[Se]CC(=O)c1ccccc1. The third-order valence-corrected chi connectivity index (χ3v) is 4.90. The topological polar surface area (TPSA) is 20.3 Å². The van der Waals surface area contributed by atoms with Crippen LogP contribution in [0.15, 0.2) is 30.3 Å². The van der Waals surface area contributed by atoms with Crippen molar-refractivity contribution >= 4 is 36.8 Å². The molecule has 0 saturated carbocycles. The van der Waals surface area contributed by atoms with Crippen molar-refractivity contribution in [1.82, 2.24) is 4.90 Å². The Bertz CT molecular complexity index is 351. The van der Waals surface area contributed by atoms with Crippen LogP contribution in [0.3, 0.4) is 0 Å². The molecule has 0 N–H and O–H groups in total. The fourth-order valence-electron chi connectivity index (χ4n) is 0.964. The molecule has 0 aliphatic carbocycles.